The number of aromatic amines is 1. The van der Waals surface area contributed by atoms with Crippen LogP contribution in [0.15, 0.2) is 24.3 Å². The summed E-state index contributed by atoms with van der Waals surface area (Å²) in [6.07, 6.45) is 9.31. The number of benzene rings is 1. The van der Waals surface area contributed by atoms with Crippen molar-refractivity contribution in [3.63, 3.8) is 0 Å². The van der Waals surface area contributed by atoms with Gasteiger partial charge in [-0.1, -0.05) is 15.9 Å². The predicted molar refractivity (Wildman–Crippen MR) is 111 cm³/mol. The standard InChI is InChI=1S/C22H25BrN4O/c23-22-10-13-7-14(11-22)9-21(8-13,12-22)20(28)24-17-5-3-16(4-6-17)19-25-18(26-27-19)15-1-2-15/h3-6,13-15H,1-2,7-12H2,(H,24,28)(H,25,26,27). The molecule has 0 spiro atoms. The zero-order chi connectivity index (χ0) is 18.9. The summed E-state index contributed by atoms with van der Waals surface area (Å²) in [5.41, 5.74) is 1.66. The van der Waals surface area contributed by atoms with Crippen LogP contribution >= 0.6 is 15.9 Å². The summed E-state index contributed by atoms with van der Waals surface area (Å²) < 4.78 is 0.198. The second-order valence-corrected chi connectivity index (χ2v) is 11.4. The molecular formula is C22H25BrN4O. The van der Waals surface area contributed by atoms with Gasteiger partial charge in [0.2, 0.25) is 5.91 Å². The first-order chi connectivity index (χ1) is 13.5. The van der Waals surface area contributed by atoms with Crippen molar-refractivity contribution in [3.8, 4) is 11.4 Å². The van der Waals surface area contributed by atoms with Crippen molar-refractivity contribution in [2.75, 3.05) is 5.32 Å². The number of hydrogen-bond donors (Lipinski definition) is 2. The molecule has 2 N–H and O–H groups in total. The maximum atomic E-state index is 13.3. The van der Waals surface area contributed by atoms with E-state index in [-0.39, 0.29) is 15.6 Å². The second kappa shape index (κ2) is 5.91. The molecule has 2 atom stereocenters. The highest BCUT2D eigenvalue weighted by Crippen LogP contribution is 2.64. The molecule has 146 valence electrons. The van der Waals surface area contributed by atoms with Crippen molar-refractivity contribution in [1.82, 2.24) is 15.2 Å². The van der Waals surface area contributed by atoms with Gasteiger partial charge < -0.3 is 5.32 Å². The molecule has 2 aromatic rings. The smallest absolute Gasteiger partial charge is 0.230 e. The molecule has 2 unspecified atom stereocenters. The first-order valence-corrected chi connectivity index (χ1v) is 11.3. The molecule has 0 radical (unpaired) electrons. The van der Waals surface area contributed by atoms with Crippen LogP contribution in [0, 0.1) is 17.3 Å². The molecule has 5 fully saturated rings. The fraction of sp³-hybridized carbons (Fsp3) is 0.591. The minimum absolute atomic E-state index is 0.185. The van der Waals surface area contributed by atoms with Crippen LogP contribution in [0.25, 0.3) is 11.4 Å². The molecule has 5 nitrogen and oxygen atoms in total. The van der Waals surface area contributed by atoms with Crippen molar-refractivity contribution in [2.45, 2.75) is 61.6 Å². The quantitative estimate of drug-likeness (QED) is 0.655. The highest BCUT2D eigenvalue weighted by atomic mass is 79.9. The average Bonchev–Trinajstić information content (AvgIpc) is 3.37. The lowest BCUT2D eigenvalue weighted by Gasteiger charge is -2.59. The molecule has 0 saturated heterocycles. The lowest BCUT2D eigenvalue weighted by molar-refractivity contribution is -0.138. The Bertz CT molecular complexity index is 918. The van der Waals surface area contributed by atoms with Gasteiger partial charge in [-0.2, -0.15) is 5.10 Å². The minimum Gasteiger partial charge on any atom is -0.326 e. The van der Waals surface area contributed by atoms with Gasteiger partial charge in [-0.05, 0) is 87.5 Å². The first kappa shape index (κ1) is 17.2. The Morgan fingerprint density at radius 2 is 1.82 bits per heavy atom. The number of aromatic nitrogens is 3. The van der Waals surface area contributed by atoms with Gasteiger partial charge in [-0.25, -0.2) is 4.98 Å². The summed E-state index contributed by atoms with van der Waals surface area (Å²) in [4.78, 5) is 17.9. The minimum atomic E-state index is -0.185. The summed E-state index contributed by atoms with van der Waals surface area (Å²) in [5, 5.41) is 10.6. The molecule has 1 aromatic heterocycles. The van der Waals surface area contributed by atoms with E-state index in [0.717, 1.165) is 42.2 Å². The van der Waals surface area contributed by atoms with Gasteiger partial charge in [0, 0.05) is 21.5 Å². The Hall–Kier alpha value is -1.69. The van der Waals surface area contributed by atoms with E-state index in [1.807, 2.05) is 24.3 Å². The number of anilines is 1. The summed E-state index contributed by atoms with van der Waals surface area (Å²) in [6, 6.07) is 7.96. The van der Waals surface area contributed by atoms with Crippen molar-refractivity contribution >= 4 is 27.5 Å². The number of carbonyl (C=O) groups is 1. The molecule has 6 heteroatoms. The zero-order valence-corrected chi connectivity index (χ0v) is 17.5. The summed E-state index contributed by atoms with van der Waals surface area (Å²) >= 11 is 4.00. The first-order valence-electron chi connectivity index (χ1n) is 10.5. The fourth-order valence-electron chi connectivity index (χ4n) is 6.33. The Morgan fingerprint density at radius 3 is 2.46 bits per heavy atom. The number of amides is 1. The van der Waals surface area contributed by atoms with Crippen LogP contribution in [0.4, 0.5) is 5.69 Å². The summed E-state index contributed by atoms with van der Waals surface area (Å²) in [5.74, 6) is 3.94. The van der Waals surface area contributed by atoms with Crippen molar-refractivity contribution < 1.29 is 4.79 Å². The zero-order valence-electron chi connectivity index (χ0n) is 15.9. The lowest BCUT2D eigenvalue weighted by Crippen LogP contribution is -2.57. The molecule has 7 rings (SSSR count). The van der Waals surface area contributed by atoms with Gasteiger partial charge in [0.15, 0.2) is 5.82 Å². The predicted octanol–water partition coefficient (Wildman–Crippen LogP) is 5.02. The van der Waals surface area contributed by atoms with E-state index in [1.54, 1.807) is 0 Å². The Balaban J connectivity index is 1.19. The van der Waals surface area contributed by atoms with Crippen LogP contribution in [0.5, 0.6) is 0 Å². The number of H-pyrrole nitrogens is 1. The number of halogens is 1. The fourth-order valence-corrected chi connectivity index (χ4v) is 7.78. The highest BCUT2D eigenvalue weighted by Gasteiger charge is 2.59. The third-order valence-corrected chi connectivity index (χ3v) is 8.27. The molecule has 5 saturated carbocycles. The third-order valence-electron chi connectivity index (χ3n) is 7.34. The van der Waals surface area contributed by atoms with Gasteiger partial charge in [0.25, 0.3) is 0 Å². The Labute approximate surface area is 173 Å². The molecule has 1 heterocycles. The molecule has 28 heavy (non-hydrogen) atoms. The van der Waals surface area contributed by atoms with E-state index in [1.165, 1.54) is 32.1 Å². The van der Waals surface area contributed by atoms with Gasteiger partial charge in [-0.15, -0.1) is 0 Å². The van der Waals surface area contributed by atoms with E-state index in [2.05, 4.69) is 36.4 Å². The largest absolute Gasteiger partial charge is 0.326 e. The van der Waals surface area contributed by atoms with Crippen LogP contribution < -0.4 is 5.32 Å². The monoisotopic (exact) mass is 440 g/mol. The molecule has 0 aliphatic heterocycles. The van der Waals surface area contributed by atoms with Crippen molar-refractivity contribution in [3.05, 3.63) is 30.1 Å². The van der Waals surface area contributed by atoms with E-state index in [4.69, 9.17) is 0 Å². The SMILES string of the molecule is O=C(Nc1ccc(-c2n[nH]c(C3CC3)n2)cc1)C12CC3CC(CC(Br)(C3)C1)C2. The number of hydrogen-bond acceptors (Lipinski definition) is 3. The van der Waals surface area contributed by atoms with Crippen molar-refractivity contribution in [1.29, 1.82) is 0 Å². The Kier molecular flexibility index (Phi) is 3.63. The van der Waals surface area contributed by atoms with E-state index >= 15 is 0 Å². The second-order valence-electron chi connectivity index (χ2n) is 9.74. The number of nitrogens with one attached hydrogen (secondary N) is 2. The molecule has 5 aliphatic rings. The van der Waals surface area contributed by atoms with Gasteiger partial charge in [-0.3, -0.25) is 9.89 Å². The van der Waals surface area contributed by atoms with Gasteiger partial charge >= 0.3 is 0 Å². The number of alkyl halides is 1. The van der Waals surface area contributed by atoms with E-state index in [9.17, 15) is 4.79 Å². The summed E-state index contributed by atoms with van der Waals surface area (Å²) in [7, 11) is 0. The van der Waals surface area contributed by atoms with E-state index < -0.39 is 0 Å². The Morgan fingerprint density at radius 1 is 1.11 bits per heavy atom. The molecular weight excluding hydrogens is 416 g/mol. The highest BCUT2D eigenvalue weighted by molar-refractivity contribution is 9.10. The van der Waals surface area contributed by atoms with E-state index in [0.29, 0.717) is 17.8 Å². The number of carbonyl (C=O) groups excluding carboxylic acids is 1. The maximum Gasteiger partial charge on any atom is 0.230 e. The normalized spacial score (nSPS) is 35.9. The van der Waals surface area contributed by atoms with Gasteiger partial charge in [0.1, 0.15) is 5.82 Å². The number of rotatable bonds is 4. The summed E-state index contributed by atoms with van der Waals surface area (Å²) in [6.45, 7) is 0. The maximum absolute atomic E-state index is 13.3. The molecule has 5 aliphatic carbocycles. The van der Waals surface area contributed by atoms with Crippen LogP contribution in [-0.4, -0.2) is 25.4 Å². The average molecular weight is 441 g/mol. The van der Waals surface area contributed by atoms with Crippen LogP contribution in [-0.2, 0) is 4.79 Å². The molecule has 4 bridgehead atoms. The van der Waals surface area contributed by atoms with Gasteiger partial charge in [0.05, 0.1) is 5.41 Å². The van der Waals surface area contributed by atoms with Crippen LogP contribution in [0.1, 0.15) is 63.1 Å². The van der Waals surface area contributed by atoms with Crippen LogP contribution in [0.3, 0.4) is 0 Å². The lowest BCUT2D eigenvalue weighted by atomic mass is 9.49. The topological polar surface area (TPSA) is 70.7 Å². The molecule has 1 amide bonds. The number of nitrogens with zero attached hydrogens (tertiary/aromatic N) is 2. The van der Waals surface area contributed by atoms with Crippen LogP contribution in [0.2, 0.25) is 0 Å². The molecule has 1 aromatic carbocycles. The van der Waals surface area contributed by atoms with Crippen molar-refractivity contribution in [2.24, 2.45) is 17.3 Å². The third kappa shape index (κ3) is 2.83.